The number of carbonyl (C=O) groups excluding carboxylic acids is 2. The molecule has 0 bridgehead atoms. The van der Waals surface area contributed by atoms with E-state index in [0.717, 1.165) is 17.0 Å². The Balaban J connectivity index is 1.56. The second-order valence-electron chi connectivity index (χ2n) is 6.81. The van der Waals surface area contributed by atoms with Crippen LogP contribution in [-0.2, 0) is 9.59 Å². The minimum Gasteiger partial charge on any atom is -0.497 e. The maximum Gasteiger partial charge on any atom is 0.257 e. The van der Waals surface area contributed by atoms with Crippen LogP contribution in [0.25, 0.3) is 0 Å². The molecule has 2 amide bonds. The van der Waals surface area contributed by atoms with Crippen LogP contribution in [0.1, 0.15) is 23.8 Å². The van der Waals surface area contributed by atoms with Gasteiger partial charge in [0.2, 0.25) is 5.91 Å². The molecular formula is C20H22N4O4. The third-order valence-electron chi connectivity index (χ3n) is 4.94. The summed E-state index contributed by atoms with van der Waals surface area (Å²) in [7, 11) is 1.62. The van der Waals surface area contributed by atoms with E-state index in [1.54, 1.807) is 19.4 Å². The fourth-order valence-electron chi connectivity index (χ4n) is 3.49. The predicted octanol–water partition coefficient (Wildman–Crippen LogP) is 1.40. The van der Waals surface area contributed by atoms with Gasteiger partial charge in [0.15, 0.2) is 0 Å². The fraction of sp³-hybridized carbons (Fsp3) is 0.350. The smallest absolute Gasteiger partial charge is 0.257 e. The Kier molecular flexibility index (Phi) is 5.12. The lowest BCUT2D eigenvalue weighted by molar-refractivity contribution is -0.135. The molecule has 1 aromatic carbocycles. The molecule has 2 aliphatic rings. The number of nitrogens with zero attached hydrogens (tertiary/aromatic N) is 3. The summed E-state index contributed by atoms with van der Waals surface area (Å²) in [5, 5.41) is 8.86. The molecule has 2 aromatic rings. The monoisotopic (exact) mass is 382 g/mol. The summed E-state index contributed by atoms with van der Waals surface area (Å²) < 4.78 is 10.8. The van der Waals surface area contributed by atoms with Crippen molar-refractivity contribution in [3.8, 4) is 5.75 Å². The number of hydrogen-bond donors (Lipinski definition) is 1. The van der Waals surface area contributed by atoms with Crippen molar-refractivity contribution in [3.05, 3.63) is 54.0 Å². The first-order valence-corrected chi connectivity index (χ1v) is 9.20. The maximum atomic E-state index is 13.0. The normalized spacial score (nSPS) is 20.0. The molecule has 3 heterocycles. The molecule has 1 atom stereocenters. The van der Waals surface area contributed by atoms with E-state index in [1.165, 1.54) is 5.01 Å². The number of piperazine rings is 1. The molecule has 0 spiro atoms. The summed E-state index contributed by atoms with van der Waals surface area (Å²) in [5.41, 5.74) is 1.75. The third-order valence-corrected chi connectivity index (χ3v) is 4.94. The lowest BCUT2D eigenvalue weighted by atomic mass is 10.0. The molecule has 0 aliphatic carbocycles. The van der Waals surface area contributed by atoms with Crippen LogP contribution < -0.4 is 10.1 Å². The Morgan fingerprint density at radius 1 is 1.32 bits per heavy atom. The fourth-order valence-corrected chi connectivity index (χ4v) is 3.49. The van der Waals surface area contributed by atoms with Gasteiger partial charge in [0, 0.05) is 19.5 Å². The zero-order valence-corrected chi connectivity index (χ0v) is 15.6. The number of carbonyl (C=O) groups is 2. The SMILES string of the molecule is COc1ccc(C2=NN(C(=O)CN3CCNC(=O)C3)[C@@H](c3ccco3)C2)cc1. The van der Waals surface area contributed by atoms with Gasteiger partial charge >= 0.3 is 0 Å². The zero-order chi connectivity index (χ0) is 19.5. The molecule has 1 saturated heterocycles. The van der Waals surface area contributed by atoms with E-state index < -0.39 is 0 Å². The van der Waals surface area contributed by atoms with E-state index in [9.17, 15) is 9.59 Å². The Morgan fingerprint density at radius 2 is 2.14 bits per heavy atom. The molecule has 1 aromatic heterocycles. The van der Waals surface area contributed by atoms with Gasteiger partial charge in [-0.05, 0) is 42.0 Å². The number of nitrogens with one attached hydrogen (secondary N) is 1. The Morgan fingerprint density at radius 3 is 2.82 bits per heavy atom. The number of hydrazone groups is 1. The van der Waals surface area contributed by atoms with E-state index in [0.29, 0.717) is 25.3 Å². The van der Waals surface area contributed by atoms with E-state index in [-0.39, 0.29) is 30.9 Å². The Labute approximate surface area is 162 Å². The highest BCUT2D eigenvalue weighted by Gasteiger charge is 2.35. The second kappa shape index (κ2) is 7.85. The van der Waals surface area contributed by atoms with Crippen molar-refractivity contribution >= 4 is 17.5 Å². The van der Waals surface area contributed by atoms with Crippen LogP contribution in [0.4, 0.5) is 0 Å². The minimum atomic E-state index is -0.293. The van der Waals surface area contributed by atoms with Gasteiger partial charge in [-0.3, -0.25) is 14.5 Å². The number of amides is 2. The Bertz CT molecular complexity index is 876. The summed E-state index contributed by atoms with van der Waals surface area (Å²) in [6.07, 6.45) is 2.16. The van der Waals surface area contributed by atoms with E-state index in [1.807, 2.05) is 35.2 Å². The number of benzene rings is 1. The summed E-state index contributed by atoms with van der Waals surface area (Å²) in [5.74, 6) is 1.24. The number of methoxy groups -OCH3 is 1. The molecule has 0 unspecified atom stereocenters. The third kappa shape index (κ3) is 3.77. The number of rotatable bonds is 5. The van der Waals surface area contributed by atoms with Crippen LogP contribution >= 0.6 is 0 Å². The molecule has 28 heavy (non-hydrogen) atoms. The Hall–Kier alpha value is -3.13. The van der Waals surface area contributed by atoms with Gasteiger partial charge in [0.25, 0.3) is 5.91 Å². The molecule has 146 valence electrons. The molecule has 1 N–H and O–H groups in total. The lowest BCUT2D eigenvalue weighted by Crippen LogP contribution is -2.50. The zero-order valence-electron chi connectivity index (χ0n) is 15.6. The molecule has 8 heteroatoms. The van der Waals surface area contributed by atoms with Gasteiger partial charge in [-0.25, -0.2) is 5.01 Å². The second-order valence-corrected chi connectivity index (χ2v) is 6.81. The molecular weight excluding hydrogens is 360 g/mol. The average Bonchev–Trinajstić information content (AvgIpc) is 3.38. The summed E-state index contributed by atoms with van der Waals surface area (Å²) in [6.45, 7) is 1.56. The molecule has 0 saturated carbocycles. The lowest BCUT2D eigenvalue weighted by Gasteiger charge is -2.28. The molecule has 4 rings (SSSR count). The van der Waals surface area contributed by atoms with Gasteiger partial charge in [-0.15, -0.1) is 0 Å². The first-order chi connectivity index (χ1) is 13.6. The van der Waals surface area contributed by atoms with Crippen LogP contribution in [0.3, 0.4) is 0 Å². The van der Waals surface area contributed by atoms with Gasteiger partial charge in [0.05, 0.1) is 32.2 Å². The average molecular weight is 382 g/mol. The van der Waals surface area contributed by atoms with Gasteiger partial charge in [-0.1, -0.05) is 0 Å². The molecule has 0 radical (unpaired) electrons. The van der Waals surface area contributed by atoms with E-state index in [4.69, 9.17) is 9.15 Å². The molecule has 1 fully saturated rings. The van der Waals surface area contributed by atoms with Crippen LogP contribution in [0.5, 0.6) is 5.75 Å². The van der Waals surface area contributed by atoms with Crippen molar-refractivity contribution < 1.29 is 18.7 Å². The topological polar surface area (TPSA) is 87.4 Å². The maximum absolute atomic E-state index is 13.0. The summed E-state index contributed by atoms with van der Waals surface area (Å²) in [4.78, 5) is 26.4. The highest BCUT2D eigenvalue weighted by Crippen LogP contribution is 2.33. The van der Waals surface area contributed by atoms with Crippen LogP contribution in [0.2, 0.25) is 0 Å². The highest BCUT2D eigenvalue weighted by molar-refractivity contribution is 6.03. The van der Waals surface area contributed by atoms with Crippen molar-refractivity contribution in [2.24, 2.45) is 5.10 Å². The van der Waals surface area contributed by atoms with Crippen molar-refractivity contribution in [1.29, 1.82) is 0 Å². The standard InChI is InChI=1S/C20H22N4O4/c1-27-15-6-4-14(5-7-15)16-11-17(18-3-2-10-28-18)24(22-16)20(26)13-23-9-8-21-19(25)12-23/h2-7,10,17H,8-9,11-13H2,1H3,(H,21,25)/t17-/m1/s1. The number of hydrogen-bond acceptors (Lipinski definition) is 6. The van der Waals surface area contributed by atoms with Gasteiger partial charge in [-0.2, -0.15) is 5.10 Å². The van der Waals surface area contributed by atoms with Crippen LogP contribution in [0.15, 0.2) is 52.2 Å². The van der Waals surface area contributed by atoms with E-state index >= 15 is 0 Å². The minimum absolute atomic E-state index is 0.0644. The van der Waals surface area contributed by atoms with Crippen molar-refractivity contribution in [2.75, 3.05) is 33.3 Å². The van der Waals surface area contributed by atoms with Crippen molar-refractivity contribution in [3.63, 3.8) is 0 Å². The van der Waals surface area contributed by atoms with Gasteiger partial charge in [0.1, 0.15) is 17.6 Å². The quantitative estimate of drug-likeness (QED) is 0.845. The van der Waals surface area contributed by atoms with Gasteiger partial charge < -0.3 is 14.5 Å². The van der Waals surface area contributed by atoms with Crippen molar-refractivity contribution in [2.45, 2.75) is 12.5 Å². The predicted molar refractivity (Wildman–Crippen MR) is 102 cm³/mol. The first-order valence-electron chi connectivity index (χ1n) is 9.20. The van der Waals surface area contributed by atoms with Crippen LogP contribution in [0, 0.1) is 0 Å². The summed E-state index contributed by atoms with van der Waals surface area (Å²) in [6, 6.07) is 11.0. The summed E-state index contributed by atoms with van der Waals surface area (Å²) >= 11 is 0. The van der Waals surface area contributed by atoms with Crippen molar-refractivity contribution in [1.82, 2.24) is 15.2 Å². The molecule has 8 nitrogen and oxygen atoms in total. The molecule has 2 aliphatic heterocycles. The number of ether oxygens (including phenoxy) is 1. The van der Waals surface area contributed by atoms with E-state index in [2.05, 4.69) is 10.4 Å². The number of furan rings is 1. The first kappa shape index (κ1) is 18.2. The highest BCUT2D eigenvalue weighted by atomic mass is 16.5. The van der Waals surface area contributed by atoms with Crippen LogP contribution in [-0.4, -0.2) is 60.7 Å². The largest absolute Gasteiger partial charge is 0.497 e.